The summed E-state index contributed by atoms with van der Waals surface area (Å²) < 4.78 is 0. The third kappa shape index (κ3) is 2.17. The van der Waals surface area contributed by atoms with Gasteiger partial charge in [0, 0.05) is 6.42 Å². The Hall–Kier alpha value is -1.15. The normalized spacial score (nSPS) is 9.75. The van der Waals surface area contributed by atoms with Gasteiger partial charge in [-0.15, -0.1) is 0 Å². The van der Waals surface area contributed by atoms with Gasteiger partial charge in [-0.2, -0.15) is 0 Å². The average molecular weight is 164 g/mol. The number of rotatable bonds is 4. The van der Waals surface area contributed by atoms with Gasteiger partial charge in [0.15, 0.2) is 0 Å². The summed E-state index contributed by atoms with van der Waals surface area (Å²) in [4.78, 5) is 10.1. The maximum absolute atomic E-state index is 10.1. The number of aliphatic hydroxyl groups excluding tert-OH is 1. The molecule has 0 aromatic heterocycles. The van der Waals surface area contributed by atoms with Crippen LogP contribution in [0.25, 0.3) is 0 Å². The van der Waals surface area contributed by atoms with Gasteiger partial charge >= 0.3 is 0 Å². The molecule has 0 aliphatic heterocycles. The molecule has 0 unspecified atom stereocenters. The molecule has 12 heavy (non-hydrogen) atoms. The monoisotopic (exact) mass is 164 g/mol. The number of aldehydes is 1. The first kappa shape index (κ1) is 8.94. The lowest BCUT2D eigenvalue weighted by molar-refractivity contribution is -0.107. The van der Waals surface area contributed by atoms with Crippen molar-refractivity contribution in [3.63, 3.8) is 0 Å². The van der Waals surface area contributed by atoms with E-state index in [1.807, 2.05) is 24.3 Å². The zero-order valence-corrected chi connectivity index (χ0v) is 6.86. The van der Waals surface area contributed by atoms with Crippen molar-refractivity contribution in [2.45, 2.75) is 19.4 Å². The Labute approximate surface area is 71.8 Å². The smallest absolute Gasteiger partial charge is 0.120 e. The first-order chi connectivity index (χ1) is 5.88. The van der Waals surface area contributed by atoms with Crippen molar-refractivity contribution in [3.8, 4) is 0 Å². The molecular weight excluding hydrogens is 152 g/mol. The molecule has 1 aromatic carbocycles. The van der Waals surface area contributed by atoms with E-state index in [0.29, 0.717) is 6.42 Å². The van der Waals surface area contributed by atoms with Crippen LogP contribution in [0.5, 0.6) is 0 Å². The van der Waals surface area contributed by atoms with Gasteiger partial charge in [0.1, 0.15) is 6.29 Å². The van der Waals surface area contributed by atoms with Crippen molar-refractivity contribution in [2.75, 3.05) is 0 Å². The Kier molecular flexibility index (Phi) is 3.48. The SMILES string of the molecule is O=CCCc1ccccc1CO. The molecule has 2 heteroatoms. The Morgan fingerprint density at radius 2 is 1.92 bits per heavy atom. The van der Waals surface area contributed by atoms with Crippen molar-refractivity contribution in [3.05, 3.63) is 35.4 Å². The van der Waals surface area contributed by atoms with Gasteiger partial charge < -0.3 is 9.90 Å². The molecule has 0 spiro atoms. The van der Waals surface area contributed by atoms with Gasteiger partial charge in [0.05, 0.1) is 6.61 Å². The minimum Gasteiger partial charge on any atom is -0.392 e. The number of carbonyl (C=O) groups excluding carboxylic acids is 1. The quantitative estimate of drug-likeness (QED) is 0.681. The second-order valence-electron chi connectivity index (χ2n) is 2.63. The van der Waals surface area contributed by atoms with Crippen LogP contribution in [0.15, 0.2) is 24.3 Å². The zero-order valence-electron chi connectivity index (χ0n) is 6.86. The van der Waals surface area contributed by atoms with Crippen LogP contribution < -0.4 is 0 Å². The Morgan fingerprint density at radius 1 is 1.25 bits per heavy atom. The minimum atomic E-state index is 0.0506. The molecule has 0 saturated carbocycles. The molecule has 1 aromatic rings. The summed E-state index contributed by atoms with van der Waals surface area (Å²) in [6.45, 7) is 0.0506. The molecule has 1 rings (SSSR count). The van der Waals surface area contributed by atoms with Crippen LogP contribution in [0.2, 0.25) is 0 Å². The lowest BCUT2D eigenvalue weighted by Gasteiger charge is -2.03. The van der Waals surface area contributed by atoms with Gasteiger partial charge in [-0.3, -0.25) is 0 Å². The first-order valence-electron chi connectivity index (χ1n) is 3.99. The molecule has 0 fully saturated rings. The summed E-state index contributed by atoms with van der Waals surface area (Å²) >= 11 is 0. The number of hydrogen-bond acceptors (Lipinski definition) is 2. The molecule has 0 radical (unpaired) electrons. The molecule has 2 nitrogen and oxygen atoms in total. The van der Waals surface area contributed by atoms with Gasteiger partial charge in [0.2, 0.25) is 0 Å². The highest BCUT2D eigenvalue weighted by molar-refractivity contribution is 5.50. The number of hydrogen-bond donors (Lipinski definition) is 1. The van der Waals surface area contributed by atoms with Crippen molar-refractivity contribution >= 4 is 6.29 Å². The minimum absolute atomic E-state index is 0.0506. The summed E-state index contributed by atoms with van der Waals surface area (Å²) in [5.41, 5.74) is 1.98. The largest absolute Gasteiger partial charge is 0.392 e. The molecule has 0 aliphatic rings. The fraction of sp³-hybridized carbons (Fsp3) is 0.300. The molecule has 0 atom stereocenters. The number of aryl methyl sites for hydroxylation is 1. The Balaban J connectivity index is 2.74. The first-order valence-corrected chi connectivity index (χ1v) is 3.99. The van der Waals surface area contributed by atoms with Crippen molar-refractivity contribution in [2.24, 2.45) is 0 Å². The van der Waals surface area contributed by atoms with Crippen molar-refractivity contribution in [1.82, 2.24) is 0 Å². The molecule has 1 N–H and O–H groups in total. The fourth-order valence-corrected chi connectivity index (χ4v) is 1.17. The second kappa shape index (κ2) is 4.67. The third-order valence-corrected chi connectivity index (χ3v) is 1.82. The lowest BCUT2D eigenvalue weighted by atomic mass is 10.0. The van der Waals surface area contributed by atoms with Crippen LogP contribution in [0.1, 0.15) is 17.5 Å². The highest BCUT2D eigenvalue weighted by Gasteiger charge is 1.98. The van der Waals surface area contributed by atoms with E-state index < -0.39 is 0 Å². The maximum atomic E-state index is 10.1. The van der Waals surface area contributed by atoms with E-state index in [0.717, 1.165) is 23.8 Å². The van der Waals surface area contributed by atoms with E-state index in [2.05, 4.69) is 0 Å². The van der Waals surface area contributed by atoms with E-state index in [1.54, 1.807) is 0 Å². The number of benzene rings is 1. The Morgan fingerprint density at radius 3 is 2.50 bits per heavy atom. The standard InChI is InChI=1S/C10H12O2/c11-7-3-6-9-4-1-2-5-10(9)8-12/h1-2,4-5,7,12H,3,6,8H2. The van der Waals surface area contributed by atoms with Gasteiger partial charge in [-0.25, -0.2) is 0 Å². The summed E-state index contributed by atoms with van der Waals surface area (Å²) in [5.74, 6) is 0. The van der Waals surface area contributed by atoms with Crippen LogP contribution in [0, 0.1) is 0 Å². The molecule has 0 amide bonds. The fourth-order valence-electron chi connectivity index (χ4n) is 1.17. The highest BCUT2D eigenvalue weighted by atomic mass is 16.3. The second-order valence-corrected chi connectivity index (χ2v) is 2.63. The van der Waals surface area contributed by atoms with Gasteiger partial charge in [-0.1, -0.05) is 24.3 Å². The van der Waals surface area contributed by atoms with Crippen molar-refractivity contribution < 1.29 is 9.90 Å². The molecule has 0 aliphatic carbocycles. The molecule has 0 bridgehead atoms. The van der Waals surface area contributed by atoms with E-state index in [4.69, 9.17) is 5.11 Å². The number of carbonyl (C=O) groups is 1. The summed E-state index contributed by atoms with van der Waals surface area (Å²) in [5, 5.41) is 8.93. The summed E-state index contributed by atoms with van der Waals surface area (Å²) in [7, 11) is 0. The van der Waals surface area contributed by atoms with Crippen LogP contribution in [0.3, 0.4) is 0 Å². The predicted octanol–water partition coefficient (Wildman–Crippen LogP) is 1.31. The van der Waals surface area contributed by atoms with Gasteiger partial charge in [0.25, 0.3) is 0 Å². The van der Waals surface area contributed by atoms with Crippen LogP contribution >= 0.6 is 0 Å². The third-order valence-electron chi connectivity index (χ3n) is 1.82. The van der Waals surface area contributed by atoms with E-state index in [9.17, 15) is 4.79 Å². The summed E-state index contributed by atoms with van der Waals surface area (Å²) in [6, 6.07) is 7.62. The van der Waals surface area contributed by atoms with Crippen molar-refractivity contribution in [1.29, 1.82) is 0 Å². The maximum Gasteiger partial charge on any atom is 0.120 e. The number of aliphatic hydroxyl groups is 1. The average Bonchev–Trinajstić information content (AvgIpc) is 2.15. The van der Waals surface area contributed by atoms with E-state index in [1.165, 1.54) is 0 Å². The van der Waals surface area contributed by atoms with Gasteiger partial charge in [-0.05, 0) is 17.5 Å². The van der Waals surface area contributed by atoms with Crippen LogP contribution in [0.4, 0.5) is 0 Å². The van der Waals surface area contributed by atoms with E-state index >= 15 is 0 Å². The van der Waals surface area contributed by atoms with Crippen LogP contribution in [-0.2, 0) is 17.8 Å². The lowest BCUT2D eigenvalue weighted by Crippen LogP contribution is -1.93. The molecule has 0 saturated heterocycles. The molecular formula is C10H12O2. The zero-order chi connectivity index (χ0) is 8.81. The molecule has 64 valence electrons. The molecule has 0 heterocycles. The van der Waals surface area contributed by atoms with Crippen LogP contribution in [-0.4, -0.2) is 11.4 Å². The highest BCUT2D eigenvalue weighted by Crippen LogP contribution is 2.09. The predicted molar refractivity (Wildman–Crippen MR) is 46.7 cm³/mol. The Bertz CT molecular complexity index is 256. The van der Waals surface area contributed by atoms with E-state index in [-0.39, 0.29) is 6.61 Å². The topological polar surface area (TPSA) is 37.3 Å². The summed E-state index contributed by atoms with van der Waals surface area (Å²) in [6.07, 6.45) is 2.14.